The lowest BCUT2D eigenvalue weighted by Gasteiger charge is -2.19. The standard InChI is InChI=1S/C12H21NO2/c1-9-6-10(11(14)7-9)8-12(15)13-4-2-3-5-13/h9-11,14H,2-8H2,1H3/t9-,10+,11+/m1/s1. The molecule has 0 aromatic rings. The lowest BCUT2D eigenvalue weighted by atomic mass is 10.00. The van der Waals surface area contributed by atoms with Crippen molar-refractivity contribution in [3.8, 4) is 0 Å². The third-order valence-electron chi connectivity index (χ3n) is 3.79. The molecular formula is C12H21NO2. The van der Waals surface area contributed by atoms with Crippen LogP contribution in [0.15, 0.2) is 0 Å². The number of hydrogen-bond donors (Lipinski definition) is 1. The molecule has 0 radical (unpaired) electrons. The predicted molar refractivity (Wildman–Crippen MR) is 58.3 cm³/mol. The second kappa shape index (κ2) is 4.52. The minimum absolute atomic E-state index is 0.216. The summed E-state index contributed by atoms with van der Waals surface area (Å²) >= 11 is 0. The molecule has 1 saturated carbocycles. The molecule has 2 fully saturated rings. The second-order valence-corrected chi connectivity index (χ2v) is 5.20. The maximum atomic E-state index is 11.9. The summed E-state index contributed by atoms with van der Waals surface area (Å²) in [4.78, 5) is 13.8. The number of carbonyl (C=O) groups is 1. The van der Waals surface area contributed by atoms with Gasteiger partial charge in [0.2, 0.25) is 5.91 Å². The first-order valence-electron chi connectivity index (χ1n) is 6.12. The number of hydrogen-bond acceptors (Lipinski definition) is 2. The van der Waals surface area contributed by atoms with Gasteiger partial charge in [-0.15, -0.1) is 0 Å². The molecule has 3 atom stereocenters. The second-order valence-electron chi connectivity index (χ2n) is 5.20. The molecule has 0 bridgehead atoms. The number of aliphatic hydroxyl groups excluding tert-OH is 1. The molecule has 2 aliphatic rings. The molecule has 1 aliphatic carbocycles. The lowest BCUT2D eigenvalue weighted by molar-refractivity contribution is -0.131. The Hall–Kier alpha value is -0.570. The first-order chi connectivity index (χ1) is 7.16. The van der Waals surface area contributed by atoms with E-state index in [1.807, 2.05) is 4.90 Å². The summed E-state index contributed by atoms with van der Waals surface area (Å²) in [5, 5.41) is 9.78. The number of carbonyl (C=O) groups excluding carboxylic acids is 1. The maximum Gasteiger partial charge on any atom is 0.222 e. The van der Waals surface area contributed by atoms with Crippen LogP contribution in [0.4, 0.5) is 0 Å². The monoisotopic (exact) mass is 211 g/mol. The fourth-order valence-electron chi connectivity index (χ4n) is 2.91. The molecule has 1 aliphatic heterocycles. The van der Waals surface area contributed by atoms with Gasteiger partial charge < -0.3 is 10.0 Å². The van der Waals surface area contributed by atoms with Crippen molar-refractivity contribution in [2.75, 3.05) is 13.1 Å². The van der Waals surface area contributed by atoms with E-state index in [0.717, 1.165) is 38.8 Å². The van der Waals surface area contributed by atoms with Gasteiger partial charge in [0.05, 0.1) is 6.10 Å². The Morgan fingerprint density at radius 1 is 1.33 bits per heavy atom. The minimum atomic E-state index is -0.244. The summed E-state index contributed by atoms with van der Waals surface area (Å²) in [6, 6.07) is 0. The summed E-state index contributed by atoms with van der Waals surface area (Å²) in [5.41, 5.74) is 0. The van der Waals surface area contributed by atoms with Crippen LogP contribution < -0.4 is 0 Å². The Morgan fingerprint density at radius 2 is 2.00 bits per heavy atom. The largest absolute Gasteiger partial charge is 0.393 e. The average molecular weight is 211 g/mol. The highest BCUT2D eigenvalue weighted by atomic mass is 16.3. The SMILES string of the molecule is C[C@@H]1C[C@@H](CC(=O)N2CCCC2)[C@@H](O)C1. The third kappa shape index (κ3) is 2.51. The Balaban J connectivity index is 1.83. The Morgan fingerprint density at radius 3 is 2.53 bits per heavy atom. The van der Waals surface area contributed by atoms with E-state index in [2.05, 4.69) is 6.92 Å². The summed E-state index contributed by atoms with van der Waals surface area (Å²) in [7, 11) is 0. The quantitative estimate of drug-likeness (QED) is 0.750. The number of likely N-dealkylation sites (tertiary alicyclic amines) is 1. The van der Waals surface area contributed by atoms with Crippen molar-refractivity contribution >= 4 is 5.91 Å². The Labute approximate surface area is 91.5 Å². The van der Waals surface area contributed by atoms with E-state index in [9.17, 15) is 9.90 Å². The van der Waals surface area contributed by atoms with Gasteiger partial charge in [0.1, 0.15) is 0 Å². The first kappa shape index (κ1) is 10.9. The van der Waals surface area contributed by atoms with E-state index in [1.54, 1.807) is 0 Å². The van der Waals surface area contributed by atoms with Gasteiger partial charge in [0, 0.05) is 19.5 Å². The van der Waals surface area contributed by atoms with Crippen molar-refractivity contribution in [1.82, 2.24) is 4.90 Å². The molecule has 3 nitrogen and oxygen atoms in total. The van der Waals surface area contributed by atoms with Gasteiger partial charge >= 0.3 is 0 Å². The zero-order valence-corrected chi connectivity index (χ0v) is 9.48. The van der Waals surface area contributed by atoms with Crippen LogP contribution in [0.25, 0.3) is 0 Å². The molecular weight excluding hydrogens is 190 g/mol. The molecule has 2 rings (SSSR count). The Kier molecular flexibility index (Phi) is 3.29. The first-order valence-corrected chi connectivity index (χ1v) is 6.12. The number of aliphatic hydroxyl groups is 1. The summed E-state index contributed by atoms with van der Waals surface area (Å²) in [5.74, 6) is 1.05. The highest BCUT2D eigenvalue weighted by Crippen LogP contribution is 2.33. The van der Waals surface area contributed by atoms with Gasteiger partial charge in [-0.1, -0.05) is 6.92 Å². The fraction of sp³-hybridized carbons (Fsp3) is 0.917. The predicted octanol–water partition coefficient (Wildman–Crippen LogP) is 1.41. The van der Waals surface area contributed by atoms with Crippen molar-refractivity contribution in [3.05, 3.63) is 0 Å². The molecule has 15 heavy (non-hydrogen) atoms. The van der Waals surface area contributed by atoms with Crippen molar-refractivity contribution in [2.45, 2.75) is 45.1 Å². The topological polar surface area (TPSA) is 40.5 Å². The molecule has 86 valence electrons. The summed E-state index contributed by atoms with van der Waals surface area (Å²) in [6.07, 6.45) is 4.50. The van der Waals surface area contributed by atoms with Gasteiger partial charge in [0.25, 0.3) is 0 Å². The molecule has 0 aromatic heterocycles. The zero-order valence-electron chi connectivity index (χ0n) is 9.48. The molecule has 1 heterocycles. The van der Waals surface area contributed by atoms with E-state index in [-0.39, 0.29) is 17.9 Å². The zero-order chi connectivity index (χ0) is 10.8. The summed E-state index contributed by atoms with van der Waals surface area (Å²) in [6.45, 7) is 4.01. The van der Waals surface area contributed by atoms with Crippen molar-refractivity contribution in [2.24, 2.45) is 11.8 Å². The van der Waals surface area contributed by atoms with Crippen LogP contribution in [0.3, 0.4) is 0 Å². The highest BCUT2D eigenvalue weighted by molar-refractivity contribution is 5.76. The van der Waals surface area contributed by atoms with Gasteiger partial charge in [-0.3, -0.25) is 4.79 Å². The lowest BCUT2D eigenvalue weighted by Crippen LogP contribution is -2.30. The third-order valence-corrected chi connectivity index (χ3v) is 3.79. The number of amides is 1. The van der Waals surface area contributed by atoms with Gasteiger partial charge in [-0.05, 0) is 37.5 Å². The molecule has 1 N–H and O–H groups in total. The maximum absolute atomic E-state index is 11.9. The van der Waals surface area contributed by atoms with Crippen molar-refractivity contribution in [3.63, 3.8) is 0 Å². The number of nitrogens with zero attached hydrogens (tertiary/aromatic N) is 1. The van der Waals surface area contributed by atoms with E-state index in [4.69, 9.17) is 0 Å². The van der Waals surface area contributed by atoms with Gasteiger partial charge in [0.15, 0.2) is 0 Å². The Bertz CT molecular complexity index is 236. The van der Waals surface area contributed by atoms with Crippen LogP contribution in [0.2, 0.25) is 0 Å². The van der Waals surface area contributed by atoms with Gasteiger partial charge in [-0.2, -0.15) is 0 Å². The molecule has 0 spiro atoms. The molecule has 1 saturated heterocycles. The van der Waals surface area contributed by atoms with E-state index >= 15 is 0 Å². The van der Waals surface area contributed by atoms with Crippen LogP contribution in [0.5, 0.6) is 0 Å². The molecule has 1 amide bonds. The normalized spacial score (nSPS) is 36.1. The van der Waals surface area contributed by atoms with Crippen molar-refractivity contribution < 1.29 is 9.90 Å². The van der Waals surface area contributed by atoms with E-state index in [1.165, 1.54) is 0 Å². The minimum Gasteiger partial charge on any atom is -0.393 e. The highest BCUT2D eigenvalue weighted by Gasteiger charge is 2.33. The van der Waals surface area contributed by atoms with Crippen LogP contribution in [-0.2, 0) is 4.79 Å². The van der Waals surface area contributed by atoms with Crippen LogP contribution in [-0.4, -0.2) is 35.1 Å². The van der Waals surface area contributed by atoms with Crippen LogP contribution in [0, 0.1) is 11.8 Å². The fourth-order valence-corrected chi connectivity index (χ4v) is 2.91. The average Bonchev–Trinajstić information content (AvgIpc) is 2.76. The summed E-state index contributed by atoms with van der Waals surface area (Å²) < 4.78 is 0. The van der Waals surface area contributed by atoms with Gasteiger partial charge in [-0.25, -0.2) is 0 Å². The van der Waals surface area contributed by atoms with E-state index < -0.39 is 0 Å². The molecule has 0 aromatic carbocycles. The number of rotatable bonds is 2. The van der Waals surface area contributed by atoms with Crippen LogP contribution in [0.1, 0.15) is 39.0 Å². The molecule has 3 heteroatoms. The van der Waals surface area contributed by atoms with E-state index in [0.29, 0.717) is 12.3 Å². The van der Waals surface area contributed by atoms with Crippen molar-refractivity contribution in [1.29, 1.82) is 0 Å². The molecule has 0 unspecified atom stereocenters. The van der Waals surface area contributed by atoms with Crippen LogP contribution >= 0.6 is 0 Å². The smallest absolute Gasteiger partial charge is 0.222 e.